The van der Waals surface area contributed by atoms with Crippen molar-refractivity contribution in [3.8, 4) is 12.0 Å². The Morgan fingerprint density at radius 3 is 2.41 bits per heavy atom. The van der Waals surface area contributed by atoms with Gasteiger partial charge < -0.3 is 0 Å². The van der Waals surface area contributed by atoms with E-state index < -0.39 is 29.5 Å². The van der Waals surface area contributed by atoms with Gasteiger partial charge in [0.05, 0.1) is 35.5 Å². The van der Waals surface area contributed by atoms with Gasteiger partial charge in [0, 0.05) is 11.5 Å². The van der Waals surface area contributed by atoms with Crippen molar-refractivity contribution in [2.24, 2.45) is 5.41 Å². The lowest BCUT2D eigenvalue weighted by molar-refractivity contribution is 0.0278. The first-order valence-corrected chi connectivity index (χ1v) is 12.1. The summed E-state index contributed by atoms with van der Waals surface area (Å²) in [7, 11) is -4.88. The van der Waals surface area contributed by atoms with E-state index in [0.29, 0.717) is 13.2 Å². The third-order valence-corrected chi connectivity index (χ3v) is 7.41. The third-order valence-electron chi connectivity index (χ3n) is 4.09. The van der Waals surface area contributed by atoms with Crippen LogP contribution in [0.25, 0.3) is 0 Å². The van der Waals surface area contributed by atoms with Crippen molar-refractivity contribution in [3.05, 3.63) is 48.6 Å². The molecule has 2 atom stereocenters. The Hall–Kier alpha value is -1.42. The van der Waals surface area contributed by atoms with Crippen LogP contribution in [0.2, 0.25) is 0 Å². The van der Waals surface area contributed by atoms with Gasteiger partial charge in [-0.3, -0.25) is 9.05 Å². The van der Waals surface area contributed by atoms with E-state index in [1.807, 2.05) is 65.0 Å². The van der Waals surface area contributed by atoms with E-state index in [0.717, 1.165) is 5.56 Å². The van der Waals surface area contributed by atoms with Gasteiger partial charge in [0.1, 0.15) is 6.04 Å². The van der Waals surface area contributed by atoms with Crippen LogP contribution in [0.1, 0.15) is 46.2 Å². The second-order valence-corrected chi connectivity index (χ2v) is 12.6. The molecule has 1 aliphatic heterocycles. The fraction of sp³-hybridized carbons (Fsp3) is 0.524. The van der Waals surface area contributed by atoms with Gasteiger partial charge in [-0.2, -0.15) is 0 Å². The number of nitrogens with zero attached hydrogens (tertiary/aromatic N) is 1. The Bertz CT molecular complexity index is 826. The molecule has 1 aromatic rings. The van der Waals surface area contributed by atoms with Gasteiger partial charge >= 0.3 is 7.75 Å². The second-order valence-electron chi connectivity index (χ2n) is 8.65. The lowest BCUT2D eigenvalue weighted by atomic mass is 9.97. The van der Waals surface area contributed by atoms with Crippen molar-refractivity contribution < 1.29 is 17.8 Å². The molecule has 0 spiro atoms. The van der Waals surface area contributed by atoms with Crippen molar-refractivity contribution in [1.82, 2.24) is 9.39 Å². The summed E-state index contributed by atoms with van der Waals surface area (Å²) in [5.41, 5.74) is 0.653. The molecular weight excluding hydrogens is 407 g/mol. The van der Waals surface area contributed by atoms with Crippen LogP contribution in [-0.4, -0.2) is 33.4 Å². The number of hydrogen-bond acceptors (Lipinski definition) is 4. The average molecular weight is 439 g/mol. The molecule has 1 unspecified atom stereocenters. The summed E-state index contributed by atoms with van der Waals surface area (Å²) in [6.45, 7) is 14.2. The van der Waals surface area contributed by atoms with Gasteiger partial charge in [-0.15, -0.1) is 6.58 Å². The van der Waals surface area contributed by atoms with Crippen LogP contribution >= 0.6 is 7.75 Å². The standard InChI is InChI=1S/C21H31N2O4PS/c1-7-14-23(28(24)26-16-21(5,6)17-27-28)15-13-19(18-11-9-8-10-12-18)22-29(25)20(2,3)4/h7-12,19,22H,1,14,16-17H2,2-6H3/t19-,29?/m1/s1. The maximum atomic E-state index is 13.2. The van der Waals surface area contributed by atoms with Crippen LogP contribution in [-0.2, 0) is 24.6 Å². The molecule has 160 valence electrons. The molecule has 1 saturated heterocycles. The predicted molar refractivity (Wildman–Crippen MR) is 118 cm³/mol. The lowest BCUT2D eigenvalue weighted by Gasteiger charge is -2.36. The van der Waals surface area contributed by atoms with E-state index in [-0.39, 0.29) is 12.0 Å². The summed E-state index contributed by atoms with van der Waals surface area (Å²) in [6, 6.07) is 11.9. The van der Waals surface area contributed by atoms with Crippen LogP contribution in [0.4, 0.5) is 0 Å². The minimum Gasteiger partial charge on any atom is -0.291 e. The van der Waals surface area contributed by atoms with E-state index in [2.05, 4.69) is 23.3 Å². The highest BCUT2D eigenvalue weighted by Crippen LogP contribution is 2.56. The van der Waals surface area contributed by atoms with Crippen molar-refractivity contribution in [2.75, 3.05) is 19.8 Å². The highest BCUT2D eigenvalue weighted by Gasteiger charge is 2.40. The Kier molecular flexibility index (Phi) is 7.89. The summed E-state index contributed by atoms with van der Waals surface area (Å²) >= 11 is 0. The summed E-state index contributed by atoms with van der Waals surface area (Å²) in [5.74, 6) is 3.06. The minimum absolute atomic E-state index is 0.209. The fourth-order valence-electron chi connectivity index (χ4n) is 2.31. The van der Waals surface area contributed by atoms with E-state index in [1.165, 1.54) is 4.67 Å². The highest BCUT2D eigenvalue weighted by atomic mass is 32.2. The highest BCUT2D eigenvalue weighted by molar-refractivity contribution is 7.84. The molecule has 0 aliphatic carbocycles. The van der Waals surface area contributed by atoms with Gasteiger partial charge in [-0.25, -0.2) is 18.2 Å². The SMILES string of the molecule is C=CCN(C#C[C@@H](NS(=O)C(C)(C)C)c1ccccc1)P1(=O)OCC(C)(C)CO1. The molecule has 8 heteroatoms. The van der Waals surface area contributed by atoms with Gasteiger partial charge in [0.2, 0.25) is 0 Å². The number of rotatable bonds is 6. The third kappa shape index (κ3) is 6.80. The van der Waals surface area contributed by atoms with Crippen LogP contribution in [0.15, 0.2) is 43.0 Å². The second kappa shape index (κ2) is 9.59. The lowest BCUT2D eigenvalue weighted by Crippen LogP contribution is -2.36. The topological polar surface area (TPSA) is 67.9 Å². The Morgan fingerprint density at radius 1 is 1.31 bits per heavy atom. The molecule has 0 radical (unpaired) electrons. The molecule has 1 aromatic carbocycles. The van der Waals surface area contributed by atoms with E-state index in [9.17, 15) is 8.77 Å². The Balaban J connectivity index is 2.31. The van der Waals surface area contributed by atoms with Crippen LogP contribution < -0.4 is 4.72 Å². The van der Waals surface area contributed by atoms with E-state index in [1.54, 1.807) is 6.08 Å². The molecule has 6 nitrogen and oxygen atoms in total. The van der Waals surface area contributed by atoms with Gasteiger partial charge in [-0.05, 0) is 26.3 Å². The largest absolute Gasteiger partial charge is 0.442 e. The maximum Gasteiger partial charge on any atom is 0.442 e. The summed E-state index contributed by atoms with van der Waals surface area (Å²) in [4.78, 5) is 0. The van der Waals surface area contributed by atoms with Crippen molar-refractivity contribution in [3.63, 3.8) is 0 Å². The van der Waals surface area contributed by atoms with Crippen molar-refractivity contribution >= 4 is 18.7 Å². The van der Waals surface area contributed by atoms with Crippen molar-refractivity contribution in [1.29, 1.82) is 0 Å². The number of benzene rings is 1. The molecule has 1 aliphatic rings. The smallest absolute Gasteiger partial charge is 0.291 e. The van der Waals surface area contributed by atoms with Crippen LogP contribution in [0.5, 0.6) is 0 Å². The summed E-state index contributed by atoms with van der Waals surface area (Å²) in [5, 5.41) is 0. The van der Waals surface area contributed by atoms with Gasteiger partial charge in [-0.1, -0.05) is 56.2 Å². The molecule has 2 rings (SSSR count). The number of nitrogens with one attached hydrogen (secondary N) is 1. The molecule has 29 heavy (non-hydrogen) atoms. The van der Waals surface area contributed by atoms with Crippen molar-refractivity contribution in [2.45, 2.75) is 45.4 Å². The quantitative estimate of drug-likeness (QED) is 0.308. The molecule has 0 saturated carbocycles. The van der Waals surface area contributed by atoms with E-state index >= 15 is 0 Å². The maximum absolute atomic E-state index is 13.2. The molecule has 0 amide bonds. The van der Waals surface area contributed by atoms with E-state index in [4.69, 9.17) is 9.05 Å². The summed E-state index contributed by atoms with van der Waals surface area (Å²) in [6.07, 6.45) is 1.60. The molecule has 1 N–H and O–H groups in total. The van der Waals surface area contributed by atoms with Crippen LogP contribution in [0, 0.1) is 17.4 Å². The molecule has 0 aromatic heterocycles. The van der Waals surface area contributed by atoms with Gasteiger partial charge in [0.25, 0.3) is 0 Å². The molecule has 0 bridgehead atoms. The summed E-state index contributed by atoms with van der Waals surface area (Å²) < 4.78 is 41.0. The first kappa shape index (κ1) is 23.9. The first-order chi connectivity index (χ1) is 13.5. The Morgan fingerprint density at radius 2 is 1.90 bits per heavy atom. The Labute approximate surface area is 177 Å². The van der Waals surface area contributed by atoms with Gasteiger partial charge in [0.15, 0.2) is 0 Å². The zero-order chi connectivity index (χ0) is 21.7. The number of hydrogen-bond donors (Lipinski definition) is 1. The van der Waals surface area contributed by atoms with Crippen LogP contribution in [0.3, 0.4) is 0 Å². The molecular formula is C21H31N2O4PS. The molecule has 1 heterocycles. The first-order valence-electron chi connectivity index (χ1n) is 9.49. The minimum atomic E-state index is -3.55. The monoisotopic (exact) mass is 438 g/mol. The average Bonchev–Trinajstić information content (AvgIpc) is 2.66. The predicted octanol–water partition coefficient (Wildman–Crippen LogP) is 4.41. The normalized spacial score (nSPS) is 20.0. The molecule has 1 fully saturated rings. The fourth-order valence-corrected chi connectivity index (χ4v) is 4.95. The zero-order valence-electron chi connectivity index (χ0n) is 17.8. The zero-order valence-corrected chi connectivity index (χ0v) is 19.5.